The summed E-state index contributed by atoms with van der Waals surface area (Å²) in [7, 11) is -4.15. The van der Waals surface area contributed by atoms with Crippen LogP contribution in [0.2, 0.25) is 0 Å². The summed E-state index contributed by atoms with van der Waals surface area (Å²) >= 11 is 3.52. The molecule has 1 heterocycles. The minimum Gasteiger partial charge on any atom is -0.487 e. The molecule has 0 spiro atoms. The normalized spacial score (nSPS) is 11.5. The van der Waals surface area contributed by atoms with Crippen molar-refractivity contribution >= 4 is 42.8 Å². The van der Waals surface area contributed by atoms with Crippen LogP contribution in [0.1, 0.15) is 28.5 Å². The fraction of sp³-hybridized carbons (Fsp3) is 0.160. The summed E-state index contributed by atoms with van der Waals surface area (Å²) in [5.74, 6) is -0.373. The van der Waals surface area contributed by atoms with E-state index in [1.54, 1.807) is 44.2 Å². The van der Waals surface area contributed by atoms with Gasteiger partial charge in [0.2, 0.25) is 0 Å². The Balaban J connectivity index is 2.01. The van der Waals surface area contributed by atoms with E-state index in [2.05, 4.69) is 15.9 Å². The molecule has 0 N–H and O–H groups in total. The molecule has 33 heavy (non-hydrogen) atoms. The fourth-order valence-electron chi connectivity index (χ4n) is 3.71. The summed E-state index contributed by atoms with van der Waals surface area (Å²) in [6, 6.07) is 21.0. The van der Waals surface area contributed by atoms with Gasteiger partial charge in [0.1, 0.15) is 23.6 Å². The van der Waals surface area contributed by atoms with E-state index in [4.69, 9.17) is 9.47 Å². The number of carbonyl (C=O) groups is 1. The summed E-state index contributed by atoms with van der Waals surface area (Å²) in [6.45, 7) is 3.74. The summed E-state index contributed by atoms with van der Waals surface area (Å²) < 4.78 is 40.6. The van der Waals surface area contributed by atoms with Crippen molar-refractivity contribution in [1.82, 2.24) is 3.97 Å². The molecule has 4 aromatic rings. The zero-order valence-corrected chi connectivity index (χ0v) is 20.5. The predicted molar refractivity (Wildman–Crippen MR) is 130 cm³/mol. The number of hydrogen-bond donors (Lipinski definition) is 0. The smallest absolute Gasteiger partial charge is 0.356 e. The lowest BCUT2D eigenvalue weighted by atomic mass is 10.1. The van der Waals surface area contributed by atoms with E-state index < -0.39 is 16.0 Å². The van der Waals surface area contributed by atoms with Crippen LogP contribution in [-0.2, 0) is 21.4 Å². The van der Waals surface area contributed by atoms with Crippen LogP contribution < -0.4 is 4.74 Å². The van der Waals surface area contributed by atoms with Gasteiger partial charge < -0.3 is 9.47 Å². The molecular formula is C25H22BrNO5S. The van der Waals surface area contributed by atoms with Gasteiger partial charge in [0.15, 0.2) is 0 Å². The van der Waals surface area contributed by atoms with Crippen molar-refractivity contribution in [2.24, 2.45) is 0 Å². The largest absolute Gasteiger partial charge is 0.487 e. The second kappa shape index (κ2) is 9.41. The van der Waals surface area contributed by atoms with Gasteiger partial charge in [-0.3, -0.25) is 0 Å². The number of fused-ring (bicyclic) bond motifs is 1. The van der Waals surface area contributed by atoms with Crippen LogP contribution in [0.4, 0.5) is 0 Å². The van der Waals surface area contributed by atoms with E-state index in [-0.39, 0.29) is 29.3 Å². The topological polar surface area (TPSA) is 74.6 Å². The molecule has 170 valence electrons. The van der Waals surface area contributed by atoms with Gasteiger partial charge in [0, 0.05) is 9.86 Å². The van der Waals surface area contributed by atoms with Gasteiger partial charge in [-0.25, -0.2) is 17.2 Å². The van der Waals surface area contributed by atoms with E-state index in [0.29, 0.717) is 21.2 Å². The third-order valence-corrected chi connectivity index (χ3v) is 7.59. The zero-order valence-electron chi connectivity index (χ0n) is 18.1. The van der Waals surface area contributed by atoms with Crippen molar-refractivity contribution in [3.05, 3.63) is 94.1 Å². The van der Waals surface area contributed by atoms with Gasteiger partial charge in [0.05, 0.1) is 11.5 Å². The van der Waals surface area contributed by atoms with Crippen LogP contribution in [0, 0.1) is 6.92 Å². The Kier molecular flexibility index (Phi) is 6.58. The molecule has 6 nitrogen and oxygen atoms in total. The molecule has 0 aliphatic rings. The maximum Gasteiger partial charge on any atom is 0.356 e. The lowest BCUT2D eigenvalue weighted by molar-refractivity contribution is 0.0517. The molecule has 0 radical (unpaired) electrons. The lowest BCUT2D eigenvalue weighted by Crippen LogP contribution is -2.21. The average Bonchev–Trinajstić information content (AvgIpc) is 3.15. The number of aromatic nitrogens is 1. The maximum absolute atomic E-state index is 13.8. The van der Waals surface area contributed by atoms with Gasteiger partial charge >= 0.3 is 5.97 Å². The van der Waals surface area contributed by atoms with Crippen molar-refractivity contribution in [3.63, 3.8) is 0 Å². The van der Waals surface area contributed by atoms with Gasteiger partial charge in [-0.1, -0.05) is 64.5 Å². The Hall–Kier alpha value is -3.10. The second-order valence-corrected chi connectivity index (χ2v) is 9.96. The summed E-state index contributed by atoms with van der Waals surface area (Å²) in [4.78, 5) is 13.0. The van der Waals surface area contributed by atoms with Crippen LogP contribution in [0.5, 0.6) is 5.75 Å². The molecule has 0 unspecified atom stereocenters. The highest BCUT2D eigenvalue weighted by molar-refractivity contribution is 9.10. The van der Waals surface area contributed by atoms with E-state index in [9.17, 15) is 13.2 Å². The third-order valence-electron chi connectivity index (χ3n) is 5.21. The number of esters is 1. The SMILES string of the molecule is CCOC(=O)c1c(C)c2c(Br)ccc(OCc3ccccc3)c2n1S(=O)(=O)c1ccccc1. The maximum atomic E-state index is 13.8. The van der Waals surface area contributed by atoms with Crippen molar-refractivity contribution in [3.8, 4) is 5.75 Å². The number of benzene rings is 3. The number of rotatable bonds is 7. The number of nitrogens with zero attached hydrogens (tertiary/aromatic N) is 1. The van der Waals surface area contributed by atoms with E-state index in [1.165, 1.54) is 12.1 Å². The van der Waals surface area contributed by atoms with E-state index in [0.717, 1.165) is 9.54 Å². The van der Waals surface area contributed by atoms with Crippen LogP contribution >= 0.6 is 15.9 Å². The standard InChI is InChI=1S/C25H22BrNO5S/c1-3-31-25(28)23-17(2)22-20(26)14-15-21(32-16-18-10-6-4-7-11-18)24(22)27(23)33(29,30)19-12-8-5-9-13-19/h4-15H,3,16H2,1-2H3. The first-order chi connectivity index (χ1) is 15.9. The molecule has 0 saturated carbocycles. The van der Waals surface area contributed by atoms with E-state index in [1.807, 2.05) is 30.3 Å². The Morgan fingerprint density at radius 2 is 1.61 bits per heavy atom. The third kappa shape index (κ3) is 4.28. The lowest BCUT2D eigenvalue weighted by Gasteiger charge is -2.14. The molecule has 3 aromatic carbocycles. The van der Waals surface area contributed by atoms with Gasteiger partial charge in [-0.15, -0.1) is 0 Å². The molecule has 8 heteroatoms. The molecule has 0 amide bonds. The van der Waals surface area contributed by atoms with Crippen molar-refractivity contribution in [2.75, 3.05) is 6.61 Å². The van der Waals surface area contributed by atoms with Crippen LogP contribution in [0.15, 0.2) is 82.2 Å². The highest BCUT2D eigenvalue weighted by Crippen LogP contribution is 2.40. The Morgan fingerprint density at radius 1 is 0.970 bits per heavy atom. The zero-order chi connectivity index (χ0) is 23.6. The molecule has 1 aromatic heterocycles. The Bertz CT molecular complexity index is 1410. The van der Waals surface area contributed by atoms with Crippen molar-refractivity contribution in [1.29, 1.82) is 0 Å². The Labute approximate surface area is 200 Å². The number of hydrogen-bond acceptors (Lipinski definition) is 5. The number of carbonyl (C=O) groups excluding carboxylic acids is 1. The number of halogens is 1. The first kappa shape index (κ1) is 23.1. The fourth-order valence-corrected chi connectivity index (χ4v) is 5.92. The average molecular weight is 528 g/mol. The number of aryl methyl sites for hydroxylation is 1. The molecule has 0 aliphatic carbocycles. The first-order valence-electron chi connectivity index (χ1n) is 10.3. The molecule has 0 fully saturated rings. The Morgan fingerprint density at radius 3 is 2.24 bits per heavy atom. The molecule has 0 bridgehead atoms. The molecule has 4 rings (SSSR count). The summed E-state index contributed by atoms with van der Waals surface area (Å²) in [5, 5.41) is 0.572. The van der Waals surface area contributed by atoms with Gasteiger partial charge in [-0.2, -0.15) is 0 Å². The van der Waals surface area contributed by atoms with Crippen molar-refractivity contribution in [2.45, 2.75) is 25.3 Å². The van der Waals surface area contributed by atoms with Gasteiger partial charge in [-0.05, 0) is 49.2 Å². The molecule has 0 aliphatic heterocycles. The van der Waals surface area contributed by atoms with Crippen LogP contribution in [0.25, 0.3) is 10.9 Å². The minimum atomic E-state index is -4.15. The van der Waals surface area contributed by atoms with Crippen molar-refractivity contribution < 1.29 is 22.7 Å². The van der Waals surface area contributed by atoms with Crippen LogP contribution in [-0.4, -0.2) is 25.0 Å². The highest BCUT2D eigenvalue weighted by atomic mass is 79.9. The predicted octanol–water partition coefficient (Wildman–Crippen LogP) is 5.70. The van der Waals surface area contributed by atoms with Gasteiger partial charge in [0.25, 0.3) is 10.0 Å². The minimum absolute atomic E-state index is 0.0489. The number of ether oxygens (including phenoxy) is 2. The quantitative estimate of drug-likeness (QED) is 0.288. The molecule has 0 atom stereocenters. The molecular weight excluding hydrogens is 506 g/mol. The summed E-state index contributed by atoms with van der Waals surface area (Å²) in [5.41, 5.74) is 1.65. The first-order valence-corrected chi connectivity index (χ1v) is 12.6. The summed E-state index contributed by atoms with van der Waals surface area (Å²) in [6.07, 6.45) is 0. The van der Waals surface area contributed by atoms with E-state index >= 15 is 0 Å². The molecule has 0 saturated heterocycles. The van der Waals surface area contributed by atoms with Crippen LogP contribution in [0.3, 0.4) is 0 Å². The monoisotopic (exact) mass is 527 g/mol. The highest BCUT2D eigenvalue weighted by Gasteiger charge is 2.32. The second-order valence-electron chi connectivity index (χ2n) is 7.32.